The number of hydrogen-bond acceptors (Lipinski definition) is 8. The molecule has 4 aromatic rings. The molecule has 3 aromatic heterocycles. The Bertz CT molecular complexity index is 1250. The predicted molar refractivity (Wildman–Crippen MR) is 130 cm³/mol. The first-order valence-electron chi connectivity index (χ1n) is 9.97. The summed E-state index contributed by atoms with van der Waals surface area (Å²) in [6.07, 6.45) is 0.710. The minimum Gasteiger partial charge on any atom is -0.335 e. The van der Waals surface area contributed by atoms with Crippen LogP contribution in [0.4, 0.5) is 0 Å². The minimum absolute atomic E-state index is 0.0835. The van der Waals surface area contributed by atoms with Gasteiger partial charge in [0.1, 0.15) is 0 Å². The number of thiophene rings is 2. The third-order valence-corrected chi connectivity index (χ3v) is 7.96. The van der Waals surface area contributed by atoms with E-state index in [4.69, 9.17) is 10.9 Å². The summed E-state index contributed by atoms with van der Waals surface area (Å²) in [4.78, 5) is 15.4. The number of aromatic nitrogens is 3. The van der Waals surface area contributed by atoms with Gasteiger partial charge in [-0.3, -0.25) is 4.79 Å². The van der Waals surface area contributed by atoms with Crippen LogP contribution >= 0.6 is 34.4 Å². The Labute approximate surface area is 197 Å². The zero-order valence-electron chi connectivity index (χ0n) is 17.2. The van der Waals surface area contributed by atoms with E-state index in [1.165, 1.54) is 16.4 Å². The molecule has 4 heterocycles. The highest BCUT2D eigenvalue weighted by Crippen LogP contribution is 2.36. The average molecular weight is 481 g/mol. The number of carbonyl (C=O) groups excluding carboxylic acids is 1. The number of nitrogen functional groups attached to an aromatic ring is 1. The fourth-order valence-corrected chi connectivity index (χ4v) is 5.74. The Morgan fingerprint density at radius 2 is 1.91 bits per heavy atom. The van der Waals surface area contributed by atoms with Crippen molar-refractivity contribution < 1.29 is 4.79 Å². The number of amides is 1. The number of nitrogens with zero attached hydrogens (tertiary/aromatic N) is 5. The Balaban J connectivity index is 1.33. The van der Waals surface area contributed by atoms with E-state index in [1.54, 1.807) is 27.7 Å². The number of aryl methyl sites for hydroxylation is 1. The molecule has 1 aliphatic heterocycles. The zero-order chi connectivity index (χ0) is 22.1. The van der Waals surface area contributed by atoms with E-state index in [0.717, 1.165) is 26.6 Å². The molecule has 0 radical (unpaired) electrons. The van der Waals surface area contributed by atoms with Crippen molar-refractivity contribution in [1.29, 1.82) is 0 Å². The lowest BCUT2D eigenvalue weighted by Gasteiger charge is -2.20. The van der Waals surface area contributed by atoms with Gasteiger partial charge in [-0.1, -0.05) is 53.7 Å². The van der Waals surface area contributed by atoms with E-state index in [0.29, 0.717) is 17.4 Å². The first-order valence-corrected chi connectivity index (χ1v) is 12.7. The van der Waals surface area contributed by atoms with Crippen LogP contribution in [-0.4, -0.2) is 37.3 Å². The van der Waals surface area contributed by atoms with Gasteiger partial charge in [-0.25, -0.2) is 9.69 Å². The molecule has 0 saturated heterocycles. The molecule has 2 N–H and O–H groups in total. The molecule has 1 unspecified atom stereocenters. The molecule has 1 atom stereocenters. The van der Waals surface area contributed by atoms with Crippen molar-refractivity contribution in [2.75, 3.05) is 11.6 Å². The van der Waals surface area contributed by atoms with E-state index in [2.05, 4.69) is 16.3 Å². The Morgan fingerprint density at radius 3 is 2.62 bits per heavy atom. The number of hydrazone groups is 1. The lowest BCUT2D eigenvalue weighted by Crippen LogP contribution is -2.28. The van der Waals surface area contributed by atoms with Crippen molar-refractivity contribution in [3.8, 4) is 11.4 Å². The average Bonchev–Trinajstić information content (AvgIpc) is 3.59. The van der Waals surface area contributed by atoms with Gasteiger partial charge in [0, 0.05) is 16.9 Å². The van der Waals surface area contributed by atoms with Gasteiger partial charge in [0.15, 0.2) is 5.82 Å². The SMILES string of the molecule is Cc1ccc(-c2nnc(SCC(=O)N3N=C(c4cccs4)CC3c3cccs3)n2N)cc1. The molecular formula is C22H20N6OS3. The Morgan fingerprint density at radius 1 is 1.12 bits per heavy atom. The van der Waals surface area contributed by atoms with Crippen molar-refractivity contribution in [3.63, 3.8) is 0 Å². The third kappa shape index (κ3) is 4.08. The fourth-order valence-electron chi connectivity index (χ4n) is 3.50. The van der Waals surface area contributed by atoms with Crippen LogP contribution < -0.4 is 5.84 Å². The molecule has 5 rings (SSSR count). The second-order valence-corrected chi connectivity index (χ2v) is 10.2. The number of thioether (sulfide) groups is 1. The maximum Gasteiger partial charge on any atom is 0.253 e. The first-order chi connectivity index (χ1) is 15.6. The molecule has 1 aliphatic rings. The molecule has 0 spiro atoms. The van der Waals surface area contributed by atoms with Gasteiger partial charge < -0.3 is 5.84 Å². The van der Waals surface area contributed by atoms with Crippen LogP contribution in [-0.2, 0) is 4.79 Å². The lowest BCUT2D eigenvalue weighted by molar-refractivity contribution is -0.130. The highest BCUT2D eigenvalue weighted by atomic mass is 32.2. The molecule has 7 nitrogen and oxygen atoms in total. The number of nitrogens with two attached hydrogens (primary N) is 1. The van der Waals surface area contributed by atoms with E-state index < -0.39 is 0 Å². The highest BCUT2D eigenvalue weighted by Gasteiger charge is 2.34. The standard InChI is InChI=1S/C22H20N6OS3/c1-14-6-8-15(9-7-14)21-24-25-22(27(21)23)32-13-20(29)28-17(19-5-3-11-31-19)12-16(26-28)18-4-2-10-30-18/h2-11,17H,12-13,23H2,1H3. The van der Waals surface area contributed by atoms with E-state index in [9.17, 15) is 4.79 Å². The van der Waals surface area contributed by atoms with Gasteiger partial charge in [0.2, 0.25) is 5.16 Å². The molecule has 10 heteroatoms. The summed E-state index contributed by atoms with van der Waals surface area (Å²) in [6.45, 7) is 2.03. The van der Waals surface area contributed by atoms with Crippen LogP contribution in [0.15, 0.2) is 69.5 Å². The van der Waals surface area contributed by atoms with Crippen molar-refractivity contribution in [2.24, 2.45) is 5.10 Å². The number of carbonyl (C=O) groups is 1. The summed E-state index contributed by atoms with van der Waals surface area (Å²) >= 11 is 4.55. The van der Waals surface area contributed by atoms with Crippen LogP contribution in [0.1, 0.15) is 27.8 Å². The predicted octanol–water partition coefficient (Wildman–Crippen LogP) is 4.56. The van der Waals surface area contributed by atoms with Crippen LogP contribution in [0.5, 0.6) is 0 Å². The Kier molecular flexibility index (Phi) is 5.81. The number of hydrogen-bond donors (Lipinski definition) is 1. The van der Waals surface area contributed by atoms with Gasteiger partial charge >= 0.3 is 0 Å². The van der Waals surface area contributed by atoms with Crippen molar-refractivity contribution >= 4 is 46.1 Å². The minimum atomic E-state index is -0.0842. The number of rotatable bonds is 6. The molecule has 1 amide bonds. The van der Waals surface area contributed by atoms with E-state index in [1.807, 2.05) is 60.1 Å². The van der Waals surface area contributed by atoms with Crippen LogP contribution in [0.25, 0.3) is 11.4 Å². The molecule has 0 bridgehead atoms. The summed E-state index contributed by atoms with van der Waals surface area (Å²) in [5.74, 6) is 6.88. The molecule has 162 valence electrons. The monoisotopic (exact) mass is 480 g/mol. The maximum atomic E-state index is 13.2. The molecule has 0 fully saturated rings. The fraction of sp³-hybridized carbons (Fsp3) is 0.182. The van der Waals surface area contributed by atoms with Gasteiger partial charge in [-0.15, -0.1) is 32.9 Å². The summed E-state index contributed by atoms with van der Waals surface area (Å²) in [5, 5.41) is 19.2. The molecule has 0 saturated carbocycles. The van der Waals surface area contributed by atoms with Gasteiger partial charge in [-0.05, 0) is 29.8 Å². The van der Waals surface area contributed by atoms with Gasteiger partial charge in [0.05, 0.1) is 22.4 Å². The second kappa shape index (κ2) is 8.89. The number of benzene rings is 1. The second-order valence-electron chi connectivity index (χ2n) is 7.33. The summed E-state index contributed by atoms with van der Waals surface area (Å²) in [6, 6.07) is 15.9. The molecule has 32 heavy (non-hydrogen) atoms. The smallest absolute Gasteiger partial charge is 0.253 e. The topological polar surface area (TPSA) is 89.4 Å². The molecule has 1 aromatic carbocycles. The molecule has 0 aliphatic carbocycles. The van der Waals surface area contributed by atoms with Crippen molar-refractivity contribution in [2.45, 2.75) is 24.5 Å². The van der Waals surface area contributed by atoms with Gasteiger partial charge in [-0.2, -0.15) is 5.10 Å². The van der Waals surface area contributed by atoms with Crippen molar-refractivity contribution in [1.82, 2.24) is 19.9 Å². The quantitative estimate of drug-likeness (QED) is 0.323. The summed E-state index contributed by atoms with van der Waals surface area (Å²) < 4.78 is 1.43. The summed E-state index contributed by atoms with van der Waals surface area (Å²) in [7, 11) is 0. The largest absolute Gasteiger partial charge is 0.335 e. The van der Waals surface area contributed by atoms with Crippen LogP contribution in [0.3, 0.4) is 0 Å². The zero-order valence-corrected chi connectivity index (χ0v) is 19.7. The Hall–Kier alpha value is -2.95. The lowest BCUT2D eigenvalue weighted by atomic mass is 10.1. The van der Waals surface area contributed by atoms with Gasteiger partial charge in [0.25, 0.3) is 5.91 Å². The van der Waals surface area contributed by atoms with E-state index in [-0.39, 0.29) is 17.7 Å². The maximum absolute atomic E-state index is 13.2. The van der Waals surface area contributed by atoms with Crippen LogP contribution in [0, 0.1) is 6.92 Å². The summed E-state index contributed by atoms with van der Waals surface area (Å²) in [5.41, 5.74) is 2.98. The van der Waals surface area contributed by atoms with Crippen LogP contribution in [0.2, 0.25) is 0 Å². The normalized spacial score (nSPS) is 15.8. The van der Waals surface area contributed by atoms with E-state index >= 15 is 0 Å². The first kappa shape index (κ1) is 20.9. The highest BCUT2D eigenvalue weighted by molar-refractivity contribution is 7.99. The molecular weight excluding hydrogens is 460 g/mol. The van der Waals surface area contributed by atoms with Crippen molar-refractivity contribution in [3.05, 3.63) is 74.6 Å². The third-order valence-electron chi connectivity index (χ3n) is 5.14.